The van der Waals surface area contributed by atoms with Gasteiger partial charge in [0.25, 0.3) is 0 Å². The van der Waals surface area contributed by atoms with Crippen LogP contribution in [-0.2, 0) is 9.47 Å². The molecule has 2 saturated heterocycles. The molecule has 2 fully saturated rings. The Morgan fingerprint density at radius 2 is 1.97 bits per heavy atom. The van der Waals surface area contributed by atoms with E-state index in [1.54, 1.807) is 0 Å². The van der Waals surface area contributed by atoms with Crippen LogP contribution in [0.5, 0.6) is 0 Å². The summed E-state index contributed by atoms with van der Waals surface area (Å²) in [4.78, 5) is 23.0. The second-order valence-electron chi connectivity index (χ2n) is 9.53. The molecule has 1 N–H and O–H groups in total. The van der Waals surface area contributed by atoms with E-state index < -0.39 is 5.60 Å². The molecular weight excluding hydrogens is 430 g/mol. The van der Waals surface area contributed by atoms with Crippen LogP contribution in [0.1, 0.15) is 57.5 Å². The van der Waals surface area contributed by atoms with E-state index in [1.165, 1.54) is 5.56 Å². The van der Waals surface area contributed by atoms with Gasteiger partial charge in [-0.25, -0.2) is 9.78 Å². The van der Waals surface area contributed by atoms with Gasteiger partial charge in [-0.15, -0.1) is 0 Å². The first-order valence-electron chi connectivity index (χ1n) is 10.4. The van der Waals surface area contributed by atoms with Gasteiger partial charge in [-0.2, -0.15) is 27.0 Å². The summed E-state index contributed by atoms with van der Waals surface area (Å²) in [6.45, 7) is 9.91. The molecule has 8 heteroatoms. The summed E-state index contributed by atoms with van der Waals surface area (Å²) >= 11 is 0. The van der Waals surface area contributed by atoms with Crippen LogP contribution in [0.4, 0.5) is 4.79 Å². The summed E-state index contributed by atoms with van der Waals surface area (Å²) in [7, 11) is 0. The lowest BCUT2D eigenvalue weighted by Crippen LogP contribution is -2.40. The minimum Gasteiger partial charge on any atom is -0.444 e. The second-order valence-corrected chi connectivity index (χ2v) is 9.53. The summed E-state index contributed by atoms with van der Waals surface area (Å²) in [6.07, 6.45) is 4.51. The average Bonchev–Trinajstić information content (AvgIpc) is 3.27. The standard InChI is InChI=1S/C23H31N3O3.2H2S/c1-16-6-8-17(9-7-16)18-13-24-20(25-18)19-12-23(10-5-11-28-15-23)14-26(19)21(27)29-22(2,3)4;;/h6-9,13,19H,5,10-12,14-15H2,1-4H3,(H,24,25);2*1H2/t19-,23-;;/m0../s1. The summed E-state index contributed by atoms with van der Waals surface area (Å²) in [5.74, 6) is 0.814. The highest BCUT2D eigenvalue weighted by Gasteiger charge is 2.49. The van der Waals surface area contributed by atoms with E-state index in [0.29, 0.717) is 13.2 Å². The molecule has 6 nitrogen and oxygen atoms in total. The number of hydrogen-bond donors (Lipinski definition) is 1. The lowest BCUT2D eigenvalue weighted by atomic mass is 9.80. The van der Waals surface area contributed by atoms with E-state index in [2.05, 4.69) is 41.2 Å². The number of aryl methyl sites for hydroxylation is 1. The molecule has 0 radical (unpaired) electrons. The molecule has 1 aromatic heterocycles. The summed E-state index contributed by atoms with van der Waals surface area (Å²) < 4.78 is 11.5. The predicted octanol–water partition coefficient (Wildman–Crippen LogP) is 5.09. The normalized spacial score (nSPS) is 23.2. The van der Waals surface area contributed by atoms with Crippen LogP contribution >= 0.6 is 27.0 Å². The number of aromatic nitrogens is 2. The highest BCUT2D eigenvalue weighted by Crippen LogP contribution is 2.47. The zero-order valence-electron chi connectivity index (χ0n) is 18.8. The Balaban J connectivity index is 0.00000171. The minimum absolute atomic E-state index is 0. The topological polar surface area (TPSA) is 67.4 Å². The van der Waals surface area contributed by atoms with Gasteiger partial charge in [-0.1, -0.05) is 29.8 Å². The maximum absolute atomic E-state index is 13.0. The fourth-order valence-electron chi connectivity index (χ4n) is 4.39. The molecule has 1 amide bonds. The molecule has 2 aliphatic heterocycles. The van der Waals surface area contributed by atoms with Crippen molar-refractivity contribution in [1.82, 2.24) is 14.9 Å². The smallest absolute Gasteiger partial charge is 0.410 e. The molecule has 0 saturated carbocycles. The number of benzene rings is 1. The number of H-pyrrole nitrogens is 1. The van der Waals surface area contributed by atoms with Crippen molar-refractivity contribution in [2.75, 3.05) is 19.8 Å². The van der Waals surface area contributed by atoms with Crippen LogP contribution in [0.15, 0.2) is 30.5 Å². The number of ether oxygens (including phenoxy) is 2. The molecule has 0 bridgehead atoms. The van der Waals surface area contributed by atoms with Crippen LogP contribution in [-0.4, -0.2) is 46.3 Å². The van der Waals surface area contributed by atoms with E-state index in [9.17, 15) is 4.79 Å². The third-order valence-corrected chi connectivity index (χ3v) is 5.81. The molecule has 2 aromatic rings. The summed E-state index contributed by atoms with van der Waals surface area (Å²) in [5, 5.41) is 0. The monoisotopic (exact) mass is 465 g/mol. The number of imidazole rings is 1. The van der Waals surface area contributed by atoms with Crippen molar-refractivity contribution < 1.29 is 14.3 Å². The molecule has 31 heavy (non-hydrogen) atoms. The number of rotatable bonds is 2. The van der Waals surface area contributed by atoms with Crippen molar-refractivity contribution in [2.45, 2.75) is 58.6 Å². The molecule has 1 aromatic carbocycles. The number of nitrogens with one attached hydrogen (secondary N) is 1. The SMILES string of the molecule is Cc1ccc(-c2cnc([C@@H]3C[C@@]4(CCCOC4)CN3C(=O)OC(C)(C)C)[nH]2)cc1.S.S. The lowest BCUT2D eigenvalue weighted by Gasteiger charge is -2.33. The Bertz CT molecular complexity index is 871. The number of nitrogens with zero attached hydrogens (tertiary/aromatic N) is 2. The molecule has 0 unspecified atom stereocenters. The van der Waals surface area contributed by atoms with Gasteiger partial charge in [0.15, 0.2) is 0 Å². The van der Waals surface area contributed by atoms with Crippen LogP contribution < -0.4 is 0 Å². The quantitative estimate of drug-likeness (QED) is 0.671. The zero-order valence-corrected chi connectivity index (χ0v) is 20.8. The van der Waals surface area contributed by atoms with E-state index in [1.807, 2.05) is 31.9 Å². The first-order chi connectivity index (χ1) is 13.7. The molecular formula is C23H35N3O3S2. The van der Waals surface area contributed by atoms with Crippen molar-refractivity contribution in [3.05, 3.63) is 41.9 Å². The van der Waals surface area contributed by atoms with E-state index in [-0.39, 0.29) is 44.5 Å². The highest BCUT2D eigenvalue weighted by atomic mass is 32.1. The van der Waals surface area contributed by atoms with Gasteiger partial charge in [0.1, 0.15) is 11.4 Å². The molecule has 2 aliphatic rings. The van der Waals surface area contributed by atoms with Crippen molar-refractivity contribution in [2.24, 2.45) is 5.41 Å². The van der Waals surface area contributed by atoms with Crippen LogP contribution in [0, 0.1) is 12.3 Å². The minimum atomic E-state index is -0.531. The third-order valence-electron chi connectivity index (χ3n) is 5.81. The molecule has 2 atom stereocenters. The van der Waals surface area contributed by atoms with Crippen LogP contribution in [0.2, 0.25) is 0 Å². The fourth-order valence-corrected chi connectivity index (χ4v) is 4.39. The van der Waals surface area contributed by atoms with Gasteiger partial charge in [-0.05, 0) is 52.5 Å². The molecule has 3 heterocycles. The largest absolute Gasteiger partial charge is 0.444 e. The van der Waals surface area contributed by atoms with Crippen LogP contribution in [0.3, 0.4) is 0 Å². The van der Waals surface area contributed by atoms with Crippen molar-refractivity contribution in [3.63, 3.8) is 0 Å². The van der Waals surface area contributed by atoms with Gasteiger partial charge in [-0.3, -0.25) is 4.90 Å². The van der Waals surface area contributed by atoms with Gasteiger partial charge in [0.2, 0.25) is 0 Å². The zero-order chi connectivity index (χ0) is 20.6. The third kappa shape index (κ3) is 5.79. The molecule has 4 rings (SSSR count). The first kappa shape index (κ1) is 25.6. The summed E-state index contributed by atoms with van der Waals surface area (Å²) in [5.41, 5.74) is 2.73. The number of likely N-dealkylation sites (tertiary alicyclic amines) is 1. The lowest BCUT2D eigenvalue weighted by molar-refractivity contribution is -0.00754. The van der Waals surface area contributed by atoms with E-state index in [4.69, 9.17) is 9.47 Å². The molecule has 172 valence electrons. The van der Waals surface area contributed by atoms with Gasteiger partial charge >= 0.3 is 6.09 Å². The average molecular weight is 466 g/mol. The Morgan fingerprint density at radius 3 is 2.58 bits per heavy atom. The van der Waals surface area contributed by atoms with Gasteiger partial charge < -0.3 is 14.5 Å². The number of carbonyl (C=O) groups is 1. The molecule has 1 spiro atoms. The van der Waals surface area contributed by atoms with E-state index in [0.717, 1.165) is 43.0 Å². The van der Waals surface area contributed by atoms with Gasteiger partial charge in [0.05, 0.1) is 24.5 Å². The highest BCUT2D eigenvalue weighted by molar-refractivity contribution is 7.59. The maximum atomic E-state index is 13.0. The number of carbonyl (C=O) groups excluding carboxylic acids is 1. The number of aromatic amines is 1. The first-order valence-corrected chi connectivity index (χ1v) is 10.4. The Hall–Kier alpha value is -1.64. The second kappa shape index (κ2) is 9.88. The predicted molar refractivity (Wildman–Crippen MR) is 132 cm³/mol. The van der Waals surface area contributed by atoms with Crippen LogP contribution in [0.25, 0.3) is 11.3 Å². The Morgan fingerprint density at radius 1 is 1.26 bits per heavy atom. The van der Waals surface area contributed by atoms with Crippen molar-refractivity contribution >= 4 is 33.1 Å². The van der Waals surface area contributed by atoms with Crippen molar-refractivity contribution in [3.8, 4) is 11.3 Å². The Kier molecular flexibility index (Phi) is 8.16. The summed E-state index contributed by atoms with van der Waals surface area (Å²) in [6, 6.07) is 8.22. The maximum Gasteiger partial charge on any atom is 0.410 e. The van der Waals surface area contributed by atoms with Gasteiger partial charge in [0, 0.05) is 18.6 Å². The van der Waals surface area contributed by atoms with Crippen molar-refractivity contribution in [1.29, 1.82) is 0 Å². The fraction of sp³-hybridized carbons (Fsp3) is 0.565. The molecule has 0 aliphatic carbocycles. The number of hydrogen-bond acceptors (Lipinski definition) is 4. The van der Waals surface area contributed by atoms with E-state index >= 15 is 0 Å². The Labute approximate surface area is 199 Å². The number of amides is 1.